The monoisotopic (exact) mass is 460 g/mol. The summed E-state index contributed by atoms with van der Waals surface area (Å²) in [6.45, 7) is 8.84. The lowest BCUT2D eigenvalue weighted by Crippen LogP contribution is -2.47. The number of aryl methyl sites for hydroxylation is 1. The highest BCUT2D eigenvalue weighted by Crippen LogP contribution is 2.32. The van der Waals surface area contributed by atoms with E-state index in [0.29, 0.717) is 31.1 Å². The van der Waals surface area contributed by atoms with Crippen molar-refractivity contribution >= 4 is 15.9 Å². The van der Waals surface area contributed by atoms with Crippen LogP contribution in [0.2, 0.25) is 0 Å². The zero-order chi connectivity index (χ0) is 23.3. The number of sulfonamides is 1. The van der Waals surface area contributed by atoms with E-state index in [1.54, 1.807) is 24.3 Å². The van der Waals surface area contributed by atoms with Crippen LogP contribution in [0.25, 0.3) is 0 Å². The molecule has 2 unspecified atom stereocenters. The van der Waals surface area contributed by atoms with Gasteiger partial charge in [-0.3, -0.25) is 4.79 Å². The van der Waals surface area contributed by atoms with Crippen molar-refractivity contribution < 1.29 is 22.7 Å². The minimum Gasteiger partial charge on any atom is -0.490 e. The van der Waals surface area contributed by atoms with Crippen molar-refractivity contribution in [2.45, 2.75) is 57.5 Å². The third-order valence-electron chi connectivity index (χ3n) is 5.28. The molecule has 0 fully saturated rings. The lowest BCUT2D eigenvalue weighted by atomic mass is 10.0. The summed E-state index contributed by atoms with van der Waals surface area (Å²) < 4.78 is 39.7. The van der Waals surface area contributed by atoms with Gasteiger partial charge in [-0.1, -0.05) is 37.6 Å². The number of nitrogens with one attached hydrogen (secondary N) is 2. The second kappa shape index (κ2) is 10.4. The highest BCUT2D eigenvalue weighted by atomic mass is 32.2. The zero-order valence-corrected chi connectivity index (χ0v) is 19.9. The molecule has 0 aromatic heterocycles. The van der Waals surface area contributed by atoms with Gasteiger partial charge in [0.05, 0.1) is 24.2 Å². The van der Waals surface area contributed by atoms with Gasteiger partial charge in [-0.15, -0.1) is 0 Å². The van der Waals surface area contributed by atoms with E-state index in [2.05, 4.69) is 10.0 Å². The topological polar surface area (TPSA) is 93.7 Å². The molecule has 1 heterocycles. The molecule has 2 atom stereocenters. The van der Waals surface area contributed by atoms with E-state index in [-0.39, 0.29) is 22.8 Å². The van der Waals surface area contributed by atoms with E-state index < -0.39 is 16.1 Å². The van der Waals surface area contributed by atoms with Crippen molar-refractivity contribution in [2.24, 2.45) is 5.92 Å². The molecule has 2 aromatic carbocycles. The number of ether oxygens (including phenoxy) is 2. The third kappa shape index (κ3) is 6.23. The Morgan fingerprint density at radius 3 is 2.31 bits per heavy atom. The fourth-order valence-electron chi connectivity index (χ4n) is 3.50. The van der Waals surface area contributed by atoms with Gasteiger partial charge < -0.3 is 14.8 Å². The number of carbonyl (C=O) groups excluding carboxylic acids is 1. The molecule has 3 rings (SSSR count). The molecule has 1 amide bonds. The fourth-order valence-corrected chi connectivity index (χ4v) is 4.71. The molecule has 7 nitrogen and oxygen atoms in total. The zero-order valence-electron chi connectivity index (χ0n) is 19.1. The summed E-state index contributed by atoms with van der Waals surface area (Å²) in [4.78, 5) is 13.2. The number of benzene rings is 2. The van der Waals surface area contributed by atoms with Crippen LogP contribution < -0.4 is 19.5 Å². The quantitative estimate of drug-likeness (QED) is 0.626. The van der Waals surface area contributed by atoms with Crippen molar-refractivity contribution in [1.29, 1.82) is 0 Å². The van der Waals surface area contributed by atoms with Crippen LogP contribution in [0.5, 0.6) is 11.5 Å². The molecule has 0 saturated carbocycles. The first-order chi connectivity index (χ1) is 15.2. The number of carbonyl (C=O) groups is 1. The van der Waals surface area contributed by atoms with E-state index in [1.165, 1.54) is 0 Å². The molecule has 0 saturated heterocycles. The molecule has 0 radical (unpaired) electrons. The average molecular weight is 461 g/mol. The van der Waals surface area contributed by atoms with E-state index >= 15 is 0 Å². The number of fused-ring (bicyclic) bond motifs is 1. The van der Waals surface area contributed by atoms with Crippen molar-refractivity contribution in [3.05, 3.63) is 53.6 Å². The Bertz CT molecular complexity index is 1030. The molecule has 2 aromatic rings. The Balaban J connectivity index is 1.74. The predicted octanol–water partition coefficient (Wildman–Crippen LogP) is 3.73. The Labute approximate surface area is 190 Å². The summed E-state index contributed by atoms with van der Waals surface area (Å²) in [7, 11) is -3.83. The molecule has 0 spiro atoms. The van der Waals surface area contributed by atoms with E-state index in [0.717, 1.165) is 17.5 Å². The Hall–Kier alpha value is -2.58. The Morgan fingerprint density at radius 2 is 1.66 bits per heavy atom. The standard InChI is InChI=1S/C24H32N2O5S/c1-16(2)14-21(26-32(28,29)20-9-6-17(3)7-10-20)24(27)25-18(4)19-8-11-22-23(15-19)31-13-5-12-30-22/h6-11,15-16,18,21,26H,5,12-14H2,1-4H3,(H,25,27). The molecule has 32 heavy (non-hydrogen) atoms. The molecule has 1 aliphatic rings. The second-order valence-corrected chi connectivity index (χ2v) is 10.3. The second-order valence-electron chi connectivity index (χ2n) is 8.60. The maximum atomic E-state index is 13.1. The van der Waals surface area contributed by atoms with Crippen LogP contribution in [0.3, 0.4) is 0 Å². The first-order valence-electron chi connectivity index (χ1n) is 10.9. The average Bonchev–Trinajstić information content (AvgIpc) is 2.97. The van der Waals surface area contributed by atoms with Gasteiger partial charge in [-0.05, 0) is 56.0 Å². The maximum absolute atomic E-state index is 13.1. The molecule has 0 aliphatic carbocycles. The van der Waals surface area contributed by atoms with Gasteiger partial charge in [-0.25, -0.2) is 8.42 Å². The van der Waals surface area contributed by atoms with Crippen molar-refractivity contribution in [1.82, 2.24) is 10.0 Å². The summed E-state index contributed by atoms with van der Waals surface area (Å²) in [5.74, 6) is 1.10. The van der Waals surface area contributed by atoms with Crippen molar-refractivity contribution in [3.63, 3.8) is 0 Å². The molecular formula is C24H32N2O5S. The van der Waals surface area contributed by atoms with Gasteiger partial charge in [0, 0.05) is 6.42 Å². The van der Waals surface area contributed by atoms with Crippen LogP contribution in [0.15, 0.2) is 47.4 Å². The van der Waals surface area contributed by atoms with E-state index in [4.69, 9.17) is 9.47 Å². The number of rotatable bonds is 8. The summed E-state index contributed by atoms with van der Waals surface area (Å²) >= 11 is 0. The van der Waals surface area contributed by atoms with Gasteiger partial charge in [0.1, 0.15) is 6.04 Å². The van der Waals surface area contributed by atoms with Gasteiger partial charge in [0.25, 0.3) is 0 Å². The Kier molecular flexibility index (Phi) is 7.79. The molecule has 8 heteroatoms. The highest BCUT2D eigenvalue weighted by molar-refractivity contribution is 7.89. The van der Waals surface area contributed by atoms with Gasteiger partial charge in [0.2, 0.25) is 15.9 Å². The molecular weight excluding hydrogens is 428 g/mol. The predicted molar refractivity (Wildman–Crippen MR) is 123 cm³/mol. The van der Waals surface area contributed by atoms with Gasteiger partial charge in [0.15, 0.2) is 11.5 Å². The van der Waals surface area contributed by atoms with Crippen LogP contribution >= 0.6 is 0 Å². The molecule has 1 aliphatic heterocycles. The SMILES string of the molecule is Cc1ccc(S(=O)(=O)NC(CC(C)C)C(=O)NC(C)c2ccc3c(c2)OCCCO3)cc1. The summed E-state index contributed by atoms with van der Waals surface area (Å²) in [5, 5.41) is 2.94. The minimum absolute atomic E-state index is 0.125. The van der Waals surface area contributed by atoms with Crippen LogP contribution in [0.1, 0.15) is 50.8 Å². The number of amides is 1. The largest absolute Gasteiger partial charge is 0.490 e. The summed E-state index contributed by atoms with van der Waals surface area (Å²) in [6, 6.07) is 10.9. The van der Waals surface area contributed by atoms with Crippen LogP contribution in [-0.4, -0.2) is 33.6 Å². The number of hydrogen-bond donors (Lipinski definition) is 2. The van der Waals surface area contributed by atoms with Crippen molar-refractivity contribution in [3.8, 4) is 11.5 Å². The minimum atomic E-state index is -3.83. The van der Waals surface area contributed by atoms with Crippen LogP contribution in [-0.2, 0) is 14.8 Å². The first kappa shape index (κ1) is 24.1. The Morgan fingerprint density at radius 1 is 1.00 bits per heavy atom. The first-order valence-corrected chi connectivity index (χ1v) is 12.4. The molecule has 2 N–H and O–H groups in total. The summed E-state index contributed by atoms with van der Waals surface area (Å²) in [6.07, 6.45) is 1.19. The molecule has 174 valence electrons. The lowest BCUT2D eigenvalue weighted by Gasteiger charge is -2.23. The van der Waals surface area contributed by atoms with E-state index in [9.17, 15) is 13.2 Å². The normalized spacial score (nSPS) is 15.7. The van der Waals surface area contributed by atoms with Crippen LogP contribution in [0.4, 0.5) is 0 Å². The van der Waals surface area contributed by atoms with Gasteiger partial charge in [-0.2, -0.15) is 4.72 Å². The van der Waals surface area contributed by atoms with E-state index in [1.807, 2.05) is 45.9 Å². The maximum Gasteiger partial charge on any atom is 0.241 e. The molecule has 0 bridgehead atoms. The lowest BCUT2D eigenvalue weighted by molar-refractivity contribution is -0.123. The summed E-state index contributed by atoms with van der Waals surface area (Å²) in [5.41, 5.74) is 1.82. The van der Waals surface area contributed by atoms with Gasteiger partial charge >= 0.3 is 0 Å². The third-order valence-corrected chi connectivity index (χ3v) is 6.77. The highest BCUT2D eigenvalue weighted by Gasteiger charge is 2.28. The number of hydrogen-bond acceptors (Lipinski definition) is 5. The van der Waals surface area contributed by atoms with Crippen molar-refractivity contribution in [2.75, 3.05) is 13.2 Å². The van der Waals surface area contributed by atoms with Crippen LogP contribution in [0, 0.1) is 12.8 Å². The fraction of sp³-hybridized carbons (Fsp3) is 0.458. The smallest absolute Gasteiger partial charge is 0.241 e.